The number of rotatable bonds is 1. The van der Waals surface area contributed by atoms with E-state index in [-0.39, 0.29) is 5.75 Å². The van der Waals surface area contributed by atoms with E-state index < -0.39 is 0 Å². The second kappa shape index (κ2) is 3.41. The molecule has 3 rings (SSSR count). The molecule has 0 saturated carbocycles. The number of pyridine rings is 1. The number of aromatic hydroxyl groups is 1. The monoisotopic (exact) mass is 221 g/mol. The maximum atomic E-state index is 9.31. The van der Waals surface area contributed by atoms with Crippen molar-refractivity contribution in [2.24, 2.45) is 0 Å². The lowest BCUT2D eigenvalue weighted by molar-refractivity contribution is 0.470. The number of fused-ring (bicyclic) bond motifs is 1. The lowest BCUT2D eigenvalue weighted by atomic mass is 10.1. The molecule has 1 fully saturated rings. The lowest BCUT2D eigenvalue weighted by Crippen LogP contribution is -1.99. The van der Waals surface area contributed by atoms with Gasteiger partial charge in [0.15, 0.2) is 11.5 Å². The summed E-state index contributed by atoms with van der Waals surface area (Å²) in [7, 11) is 0. The van der Waals surface area contributed by atoms with Crippen LogP contribution >= 0.6 is 11.8 Å². The molecule has 1 aliphatic heterocycles. The van der Waals surface area contributed by atoms with Crippen molar-refractivity contribution in [3.8, 4) is 5.75 Å². The van der Waals surface area contributed by atoms with Crippen molar-refractivity contribution in [1.82, 2.24) is 14.6 Å². The smallest absolute Gasteiger partial charge is 0.155 e. The standard InChI is InChI=1S/C10H11N3OS/c14-8-1-2-9-11-10(12-13(9)5-8)7-3-4-15-6-7/h1-2,5,7,14H,3-4,6H2. The van der Waals surface area contributed by atoms with Gasteiger partial charge in [0.05, 0.1) is 6.20 Å². The Morgan fingerprint density at radius 3 is 3.20 bits per heavy atom. The number of nitrogens with zero attached hydrogens (tertiary/aromatic N) is 3. The fraction of sp³-hybridized carbons (Fsp3) is 0.400. The quantitative estimate of drug-likeness (QED) is 0.795. The summed E-state index contributed by atoms with van der Waals surface area (Å²) in [6.45, 7) is 0. The molecule has 1 aliphatic rings. The van der Waals surface area contributed by atoms with Crippen molar-refractivity contribution in [3.63, 3.8) is 0 Å². The van der Waals surface area contributed by atoms with Crippen LogP contribution in [-0.2, 0) is 0 Å². The third-order valence-corrected chi connectivity index (χ3v) is 3.79. The molecule has 5 heteroatoms. The van der Waals surface area contributed by atoms with Crippen LogP contribution in [0.1, 0.15) is 18.2 Å². The summed E-state index contributed by atoms with van der Waals surface area (Å²) in [6, 6.07) is 3.42. The minimum atomic E-state index is 0.222. The van der Waals surface area contributed by atoms with E-state index in [1.54, 1.807) is 22.8 Å². The number of thioether (sulfide) groups is 1. The molecule has 1 N–H and O–H groups in total. The van der Waals surface area contributed by atoms with Gasteiger partial charge >= 0.3 is 0 Å². The van der Waals surface area contributed by atoms with Crippen molar-refractivity contribution in [1.29, 1.82) is 0 Å². The van der Waals surface area contributed by atoms with E-state index in [0.29, 0.717) is 5.92 Å². The Labute approximate surface area is 91.3 Å². The van der Waals surface area contributed by atoms with Crippen molar-refractivity contribution < 1.29 is 5.11 Å². The van der Waals surface area contributed by atoms with Gasteiger partial charge in [0.2, 0.25) is 0 Å². The molecule has 1 saturated heterocycles. The first-order chi connectivity index (χ1) is 7.33. The van der Waals surface area contributed by atoms with Gasteiger partial charge in [-0.05, 0) is 24.3 Å². The first-order valence-corrected chi connectivity index (χ1v) is 6.11. The molecule has 0 spiro atoms. The molecular weight excluding hydrogens is 210 g/mol. The SMILES string of the molecule is Oc1ccc2nc(C3CCSC3)nn2c1. The normalized spacial score (nSPS) is 21.2. The maximum Gasteiger partial charge on any atom is 0.155 e. The van der Waals surface area contributed by atoms with Crippen molar-refractivity contribution in [3.05, 3.63) is 24.2 Å². The van der Waals surface area contributed by atoms with Gasteiger partial charge in [-0.1, -0.05) is 0 Å². The Hall–Kier alpha value is -1.23. The van der Waals surface area contributed by atoms with Gasteiger partial charge in [-0.25, -0.2) is 9.50 Å². The molecule has 0 amide bonds. The average molecular weight is 221 g/mol. The molecule has 1 unspecified atom stereocenters. The Morgan fingerprint density at radius 1 is 1.47 bits per heavy atom. The Balaban J connectivity index is 2.05. The molecule has 0 radical (unpaired) electrons. The Bertz CT molecular complexity index is 490. The van der Waals surface area contributed by atoms with E-state index in [0.717, 1.165) is 23.6 Å². The Kier molecular flexibility index (Phi) is 2.05. The third-order valence-electron chi connectivity index (χ3n) is 2.63. The fourth-order valence-corrected chi connectivity index (χ4v) is 3.02. The summed E-state index contributed by atoms with van der Waals surface area (Å²) in [5, 5.41) is 13.7. The largest absolute Gasteiger partial charge is 0.506 e. The fourth-order valence-electron chi connectivity index (χ4n) is 1.80. The topological polar surface area (TPSA) is 50.4 Å². The van der Waals surface area contributed by atoms with Gasteiger partial charge in [0.1, 0.15) is 5.75 Å². The van der Waals surface area contributed by atoms with Crippen LogP contribution in [-0.4, -0.2) is 31.2 Å². The third kappa shape index (κ3) is 1.56. The molecule has 1 atom stereocenters. The highest BCUT2D eigenvalue weighted by molar-refractivity contribution is 7.99. The van der Waals surface area contributed by atoms with E-state index in [2.05, 4.69) is 10.1 Å². The summed E-state index contributed by atoms with van der Waals surface area (Å²) in [5.41, 5.74) is 0.805. The number of hydrogen-bond donors (Lipinski definition) is 1. The lowest BCUT2D eigenvalue weighted by Gasteiger charge is -1.99. The first kappa shape index (κ1) is 9.03. The summed E-state index contributed by atoms with van der Waals surface area (Å²) < 4.78 is 1.65. The second-order valence-corrected chi connectivity index (χ2v) is 4.87. The molecule has 2 aromatic heterocycles. The molecule has 78 valence electrons. The Morgan fingerprint density at radius 2 is 2.40 bits per heavy atom. The van der Waals surface area contributed by atoms with Crippen LogP contribution in [0.3, 0.4) is 0 Å². The average Bonchev–Trinajstić information content (AvgIpc) is 2.84. The van der Waals surface area contributed by atoms with Crippen LogP contribution in [0.5, 0.6) is 5.75 Å². The van der Waals surface area contributed by atoms with Crippen molar-refractivity contribution in [2.75, 3.05) is 11.5 Å². The van der Waals surface area contributed by atoms with Crippen molar-refractivity contribution in [2.45, 2.75) is 12.3 Å². The molecular formula is C10H11N3OS. The van der Waals surface area contributed by atoms with Crippen LogP contribution in [0.2, 0.25) is 0 Å². The number of aromatic nitrogens is 3. The van der Waals surface area contributed by atoms with Gasteiger partial charge in [0, 0.05) is 11.7 Å². The predicted molar refractivity (Wildman–Crippen MR) is 59.3 cm³/mol. The summed E-state index contributed by atoms with van der Waals surface area (Å²) in [4.78, 5) is 4.46. The van der Waals surface area contributed by atoms with Crippen LogP contribution in [0, 0.1) is 0 Å². The molecule has 0 bridgehead atoms. The van der Waals surface area contributed by atoms with Crippen LogP contribution in [0.4, 0.5) is 0 Å². The zero-order valence-corrected chi connectivity index (χ0v) is 8.94. The zero-order chi connectivity index (χ0) is 10.3. The van der Waals surface area contributed by atoms with E-state index in [1.165, 1.54) is 5.75 Å². The minimum absolute atomic E-state index is 0.222. The van der Waals surface area contributed by atoms with Crippen molar-refractivity contribution >= 4 is 17.4 Å². The highest BCUT2D eigenvalue weighted by Crippen LogP contribution is 2.30. The molecule has 4 nitrogen and oxygen atoms in total. The van der Waals surface area contributed by atoms with Gasteiger partial charge in [-0.15, -0.1) is 0 Å². The first-order valence-electron chi connectivity index (χ1n) is 4.96. The maximum absolute atomic E-state index is 9.31. The predicted octanol–water partition coefficient (Wildman–Crippen LogP) is 1.66. The minimum Gasteiger partial charge on any atom is -0.506 e. The molecule has 2 aromatic rings. The number of hydrogen-bond acceptors (Lipinski definition) is 4. The summed E-state index contributed by atoms with van der Waals surface area (Å²) in [5.74, 6) is 3.93. The van der Waals surface area contributed by atoms with E-state index in [9.17, 15) is 5.11 Å². The van der Waals surface area contributed by atoms with Gasteiger partial charge in [0.25, 0.3) is 0 Å². The molecule has 3 heterocycles. The van der Waals surface area contributed by atoms with Gasteiger partial charge < -0.3 is 5.11 Å². The van der Waals surface area contributed by atoms with Crippen LogP contribution < -0.4 is 0 Å². The zero-order valence-electron chi connectivity index (χ0n) is 8.13. The highest BCUT2D eigenvalue weighted by atomic mass is 32.2. The molecule has 15 heavy (non-hydrogen) atoms. The van der Waals surface area contributed by atoms with Gasteiger partial charge in [-0.2, -0.15) is 16.9 Å². The molecule has 0 aromatic carbocycles. The van der Waals surface area contributed by atoms with E-state index in [1.807, 2.05) is 11.8 Å². The van der Waals surface area contributed by atoms with E-state index >= 15 is 0 Å². The summed E-state index contributed by atoms with van der Waals surface area (Å²) in [6.07, 6.45) is 2.75. The van der Waals surface area contributed by atoms with Crippen LogP contribution in [0.15, 0.2) is 18.3 Å². The van der Waals surface area contributed by atoms with E-state index in [4.69, 9.17) is 0 Å². The van der Waals surface area contributed by atoms with Gasteiger partial charge in [-0.3, -0.25) is 0 Å². The second-order valence-electron chi connectivity index (χ2n) is 3.72. The molecule has 0 aliphatic carbocycles. The summed E-state index contributed by atoms with van der Waals surface area (Å²) >= 11 is 1.95. The van der Waals surface area contributed by atoms with Crippen LogP contribution in [0.25, 0.3) is 5.65 Å². The highest BCUT2D eigenvalue weighted by Gasteiger charge is 2.21.